The molecular formula is C39H26N2. The van der Waals surface area contributed by atoms with Crippen LogP contribution in [-0.4, -0.2) is 9.97 Å². The lowest BCUT2D eigenvalue weighted by Gasteiger charge is -2.15. The summed E-state index contributed by atoms with van der Waals surface area (Å²) in [6.45, 7) is 2.13. The van der Waals surface area contributed by atoms with E-state index in [1.807, 2.05) is 0 Å². The Morgan fingerprint density at radius 3 is 1.54 bits per heavy atom. The standard InChI is InChI=1S/C39H26N2/c1-25-11-10-14-28(21-25)37-24-38(35-22-26-12-2-4-15-29(26)31-17-6-8-19-33(31)35)41-39(40-37)36-23-27-13-3-5-16-30(27)32-18-7-9-20-34(32)36/h2-24H,1H3. The van der Waals surface area contributed by atoms with Crippen LogP contribution >= 0.6 is 0 Å². The zero-order chi connectivity index (χ0) is 27.3. The highest BCUT2D eigenvalue weighted by Gasteiger charge is 2.17. The molecule has 0 spiro atoms. The topological polar surface area (TPSA) is 25.8 Å². The summed E-state index contributed by atoms with van der Waals surface area (Å²) in [5.74, 6) is 0.734. The zero-order valence-corrected chi connectivity index (χ0v) is 22.7. The molecule has 2 heteroatoms. The first kappa shape index (κ1) is 23.5. The zero-order valence-electron chi connectivity index (χ0n) is 22.7. The summed E-state index contributed by atoms with van der Waals surface area (Å²) in [4.78, 5) is 10.6. The van der Waals surface area contributed by atoms with Gasteiger partial charge in [-0.25, -0.2) is 9.97 Å². The lowest BCUT2D eigenvalue weighted by atomic mass is 9.94. The molecule has 0 aliphatic heterocycles. The Labute approximate surface area is 238 Å². The maximum absolute atomic E-state index is 5.32. The minimum absolute atomic E-state index is 0.734. The molecule has 8 rings (SSSR count). The molecule has 0 unspecified atom stereocenters. The Kier molecular flexibility index (Phi) is 5.39. The molecule has 0 radical (unpaired) electrons. The van der Waals surface area contributed by atoms with Crippen LogP contribution in [0.15, 0.2) is 140 Å². The van der Waals surface area contributed by atoms with Crippen molar-refractivity contribution in [1.29, 1.82) is 0 Å². The molecule has 0 atom stereocenters. The van der Waals surface area contributed by atoms with E-state index >= 15 is 0 Å². The molecule has 1 heterocycles. The number of hydrogen-bond donors (Lipinski definition) is 0. The summed E-state index contributed by atoms with van der Waals surface area (Å²) in [5, 5.41) is 9.66. The average molecular weight is 523 g/mol. The Bertz CT molecular complexity index is 2140. The molecule has 192 valence electrons. The molecule has 41 heavy (non-hydrogen) atoms. The SMILES string of the molecule is Cc1cccc(-c2cc(-c3cc4ccccc4c4ccccc34)nc(-c3cc4ccccc4c4ccccc34)n2)c1. The molecule has 0 N–H and O–H groups in total. The van der Waals surface area contributed by atoms with Gasteiger partial charge in [-0.2, -0.15) is 0 Å². The smallest absolute Gasteiger partial charge is 0.161 e. The highest BCUT2D eigenvalue weighted by Crippen LogP contribution is 2.38. The molecule has 0 aliphatic rings. The Morgan fingerprint density at radius 2 is 0.902 bits per heavy atom. The Hall–Kier alpha value is -5.34. The van der Waals surface area contributed by atoms with Crippen LogP contribution in [0.1, 0.15) is 5.56 Å². The highest BCUT2D eigenvalue weighted by atomic mass is 14.9. The van der Waals surface area contributed by atoms with Gasteiger partial charge in [0.2, 0.25) is 0 Å². The van der Waals surface area contributed by atoms with Crippen molar-refractivity contribution in [3.8, 4) is 33.9 Å². The molecule has 1 aromatic heterocycles. The lowest BCUT2D eigenvalue weighted by Crippen LogP contribution is -1.98. The fourth-order valence-electron chi connectivity index (χ4n) is 6.16. The number of aryl methyl sites for hydroxylation is 1. The third-order valence-electron chi connectivity index (χ3n) is 8.09. The average Bonchev–Trinajstić information content (AvgIpc) is 3.04. The van der Waals surface area contributed by atoms with Gasteiger partial charge in [0.1, 0.15) is 0 Å². The summed E-state index contributed by atoms with van der Waals surface area (Å²) >= 11 is 0. The van der Waals surface area contributed by atoms with Crippen LogP contribution in [0, 0.1) is 6.92 Å². The van der Waals surface area contributed by atoms with Gasteiger partial charge in [-0.05, 0) is 74.3 Å². The first-order valence-electron chi connectivity index (χ1n) is 14.0. The van der Waals surface area contributed by atoms with E-state index in [0.717, 1.165) is 39.3 Å². The van der Waals surface area contributed by atoms with Gasteiger partial charge in [0.25, 0.3) is 0 Å². The molecule has 8 aromatic rings. The van der Waals surface area contributed by atoms with Gasteiger partial charge < -0.3 is 0 Å². The maximum Gasteiger partial charge on any atom is 0.161 e. The van der Waals surface area contributed by atoms with E-state index in [1.54, 1.807) is 0 Å². The first-order valence-corrected chi connectivity index (χ1v) is 14.0. The Balaban J connectivity index is 1.48. The predicted molar refractivity (Wildman–Crippen MR) is 173 cm³/mol. The molecule has 0 fully saturated rings. The van der Waals surface area contributed by atoms with Crippen molar-refractivity contribution in [3.63, 3.8) is 0 Å². The van der Waals surface area contributed by atoms with E-state index in [4.69, 9.17) is 9.97 Å². The van der Waals surface area contributed by atoms with Gasteiger partial charge in [0, 0.05) is 16.7 Å². The molecule has 0 saturated carbocycles. The summed E-state index contributed by atoms with van der Waals surface area (Å²) in [6.07, 6.45) is 0. The number of nitrogens with zero attached hydrogens (tertiary/aromatic N) is 2. The quantitative estimate of drug-likeness (QED) is 0.216. The molecule has 0 amide bonds. The van der Waals surface area contributed by atoms with Crippen molar-refractivity contribution >= 4 is 43.1 Å². The summed E-state index contributed by atoms with van der Waals surface area (Å²) < 4.78 is 0. The van der Waals surface area contributed by atoms with Crippen molar-refractivity contribution in [2.45, 2.75) is 6.92 Å². The third kappa shape index (κ3) is 3.96. The molecular weight excluding hydrogens is 496 g/mol. The van der Waals surface area contributed by atoms with Crippen LogP contribution in [0.25, 0.3) is 77.0 Å². The molecule has 0 saturated heterocycles. The maximum atomic E-state index is 5.32. The van der Waals surface area contributed by atoms with Crippen LogP contribution in [-0.2, 0) is 0 Å². The number of rotatable bonds is 3. The van der Waals surface area contributed by atoms with E-state index in [9.17, 15) is 0 Å². The number of hydrogen-bond acceptors (Lipinski definition) is 2. The van der Waals surface area contributed by atoms with Crippen LogP contribution in [0.2, 0.25) is 0 Å². The third-order valence-corrected chi connectivity index (χ3v) is 8.09. The fourth-order valence-corrected chi connectivity index (χ4v) is 6.16. The van der Waals surface area contributed by atoms with E-state index in [-0.39, 0.29) is 0 Å². The summed E-state index contributed by atoms with van der Waals surface area (Å²) in [5.41, 5.74) is 6.29. The monoisotopic (exact) mass is 522 g/mol. The summed E-state index contributed by atoms with van der Waals surface area (Å²) in [6, 6.07) is 49.6. The van der Waals surface area contributed by atoms with Crippen molar-refractivity contribution in [3.05, 3.63) is 145 Å². The molecule has 7 aromatic carbocycles. The number of aromatic nitrogens is 2. The van der Waals surface area contributed by atoms with Crippen molar-refractivity contribution in [2.24, 2.45) is 0 Å². The fraction of sp³-hybridized carbons (Fsp3) is 0.0256. The van der Waals surface area contributed by atoms with Gasteiger partial charge in [-0.3, -0.25) is 0 Å². The summed E-state index contributed by atoms with van der Waals surface area (Å²) in [7, 11) is 0. The second-order valence-corrected chi connectivity index (χ2v) is 10.7. The second-order valence-electron chi connectivity index (χ2n) is 10.7. The van der Waals surface area contributed by atoms with Crippen molar-refractivity contribution < 1.29 is 0 Å². The van der Waals surface area contributed by atoms with Crippen LogP contribution in [0.5, 0.6) is 0 Å². The lowest BCUT2D eigenvalue weighted by molar-refractivity contribution is 1.19. The second kappa shape index (κ2) is 9.39. The normalized spacial score (nSPS) is 11.5. The van der Waals surface area contributed by atoms with Crippen molar-refractivity contribution in [1.82, 2.24) is 9.97 Å². The molecule has 2 nitrogen and oxygen atoms in total. The van der Waals surface area contributed by atoms with E-state index in [0.29, 0.717) is 0 Å². The Morgan fingerprint density at radius 1 is 0.390 bits per heavy atom. The predicted octanol–water partition coefficient (Wildman–Crippen LogP) is 10.4. The van der Waals surface area contributed by atoms with E-state index in [2.05, 4.69) is 146 Å². The number of fused-ring (bicyclic) bond motifs is 6. The highest BCUT2D eigenvalue weighted by molar-refractivity contribution is 6.15. The van der Waals surface area contributed by atoms with Gasteiger partial charge >= 0.3 is 0 Å². The first-order chi connectivity index (χ1) is 20.2. The van der Waals surface area contributed by atoms with Crippen LogP contribution in [0.4, 0.5) is 0 Å². The minimum Gasteiger partial charge on any atom is -0.228 e. The molecule has 0 aliphatic carbocycles. The number of benzene rings is 7. The largest absolute Gasteiger partial charge is 0.228 e. The van der Waals surface area contributed by atoms with Gasteiger partial charge in [0.05, 0.1) is 11.4 Å². The van der Waals surface area contributed by atoms with E-state index < -0.39 is 0 Å². The van der Waals surface area contributed by atoms with Gasteiger partial charge in [-0.15, -0.1) is 0 Å². The van der Waals surface area contributed by atoms with E-state index in [1.165, 1.54) is 43.3 Å². The van der Waals surface area contributed by atoms with Crippen LogP contribution in [0.3, 0.4) is 0 Å². The van der Waals surface area contributed by atoms with Gasteiger partial charge in [-0.1, -0.05) is 121 Å². The van der Waals surface area contributed by atoms with Crippen LogP contribution < -0.4 is 0 Å². The molecule has 0 bridgehead atoms. The minimum atomic E-state index is 0.734. The van der Waals surface area contributed by atoms with Gasteiger partial charge in [0.15, 0.2) is 5.82 Å². The van der Waals surface area contributed by atoms with Crippen molar-refractivity contribution in [2.75, 3.05) is 0 Å².